The number of carbonyl (C=O) groups excluding carboxylic acids is 1. The quantitative estimate of drug-likeness (QED) is 0.511. The monoisotopic (exact) mass is 291 g/mol. The van der Waals surface area contributed by atoms with Gasteiger partial charge in [0.15, 0.2) is 5.78 Å². The number of sulfonamides is 1. The van der Waals surface area contributed by atoms with Crippen LogP contribution < -0.4 is 4.24 Å². The largest absolute Gasteiger partial charge is 0.293 e. The molecule has 7 heteroatoms. The van der Waals surface area contributed by atoms with Crippen LogP contribution in [0.2, 0.25) is 0 Å². The van der Waals surface area contributed by atoms with Crippen LogP contribution in [0.3, 0.4) is 0 Å². The summed E-state index contributed by atoms with van der Waals surface area (Å²) in [6, 6.07) is 5.84. The van der Waals surface area contributed by atoms with Gasteiger partial charge in [0.2, 0.25) is 0 Å². The number of hydrogen-bond acceptors (Lipinski definition) is 4. The highest BCUT2D eigenvalue weighted by atomic mass is 35.5. The van der Waals surface area contributed by atoms with E-state index in [1.54, 1.807) is 17.2 Å². The Labute approximate surface area is 110 Å². The highest BCUT2D eigenvalue weighted by Crippen LogP contribution is 2.18. The standard InChI is InChI=1S/C10H10ClNO3S2/c1-7(6-16)10(13)8-4-2-3-5-9(8)17(14,15)12-11/h2-7,12H,1H3. The molecular weight excluding hydrogens is 282 g/mol. The number of carbonyl (C=O) groups is 1. The summed E-state index contributed by atoms with van der Waals surface area (Å²) < 4.78 is 24.9. The maximum absolute atomic E-state index is 11.9. The van der Waals surface area contributed by atoms with E-state index in [0.717, 1.165) is 0 Å². The first-order chi connectivity index (χ1) is 7.94. The van der Waals surface area contributed by atoms with Crippen LogP contribution in [-0.2, 0) is 10.0 Å². The summed E-state index contributed by atoms with van der Waals surface area (Å²) in [5.41, 5.74) is 0.0780. The normalized spacial score (nSPS) is 13.1. The molecule has 0 aliphatic carbocycles. The van der Waals surface area contributed by atoms with Crippen molar-refractivity contribution in [2.75, 3.05) is 0 Å². The van der Waals surface area contributed by atoms with E-state index in [2.05, 4.69) is 12.2 Å². The fourth-order valence-corrected chi connectivity index (χ4v) is 2.43. The fourth-order valence-electron chi connectivity index (χ4n) is 1.25. The molecule has 1 aromatic carbocycles. The fraction of sp³-hybridized carbons (Fsp3) is 0.200. The van der Waals surface area contributed by atoms with E-state index in [-0.39, 0.29) is 16.2 Å². The first kappa shape index (κ1) is 14.2. The minimum absolute atomic E-state index is 0.0780. The van der Waals surface area contributed by atoms with Crippen LogP contribution in [0.1, 0.15) is 17.3 Å². The minimum atomic E-state index is -3.87. The number of nitrogens with one attached hydrogen (secondary N) is 1. The van der Waals surface area contributed by atoms with Gasteiger partial charge >= 0.3 is 0 Å². The number of Topliss-reactive ketones (excluding diaryl/α,β-unsaturated/α-hetero) is 1. The summed E-state index contributed by atoms with van der Waals surface area (Å²) in [4.78, 5) is 11.8. The van der Waals surface area contributed by atoms with Crippen LogP contribution >= 0.6 is 24.0 Å². The molecule has 1 atom stereocenters. The van der Waals surface area contributed by atoms with E-state index in [1.807, 2.05) is 0 Å². The third kappa shape index (κ3) is 3.10. The Morgan fingerprint density at radius 2 is 2.06 bits per heavy atom. The molecule has 0 saturated heterocycles. The van der Waals surface area contributed by atoms with E-state index in [4.69, 9.17) is 11.8 Å². The molecule has 0 bridgehead atoms. The molecule has 0 saturated carbocycles. The Hall–Kier alpha value is -0.820. The zero-order chi connectivity index (χ0) is 13.1. The van der Waals surface area contributed by atoms with E-state index < -0.39 is 15.9 Å². The average Bonchev–Trinajstić information content (AvgIpc) is 2.36. The van der Waals surface area contributed by atoms with Gasteiger partial charge in [-0.1, -0.05) is 37.3 Å². The summed E-state index contributed by atoms with van der Waals surface area (Å²) in [7, 11) is -3.87. The van der Waals surface area contributed by atoms with Crippen LogP contribution in [0.15, 0.2) is 29.2 Å². The molecule has 0 aromatic heterocycles. The third-order valence-electron chi connectivity index (χ3n) is 2.16. The first-order valence-corrected chi connectivity index (χ1v) is 6.98. The summed E-state index contributed by atoms with van der Waals surface area (Å²) in [6.07, 6.45) is 0. The van der Waals surface area contributed by atoms with Crippen LogP contribution in [-0.4, -0.2) is 19.6 Å². The van der Waals surface area contributed by atoms with Gasteiger partial charge in [0, 0.05) is 11.5 Å². The van der Waals surface area contributed by atoms with Gasteiger partial charge in [0.1, 0.15) is 0 Å². The molecule has 92 valence electrons. The van der Waals surface area contributed by atoms with E-state index in [0.29, 0.717) is 0 Å². The van der Waals surface area contributed by atoms with Crippen molar-refractivity contribution in [3.63, 3.8) is 0 Å². The van der Waals surface area contributed by atoms with Crippen molar-refractivity contribution < 1.29 is 13.2 Å². The smallest absolute Gasteiger partial charge is 0.254 e. The van der Waals surface area contributed by atoms with Gasteiger partial charge in [-0.25, -0.2) is 8.42 Å². The number of benzene rings is 1. The predicted octanol–water partition coefficient (Wildman–Crippen LogP) is 1.94. The van der Waals surface area contributed by atoms with Gasteiger partial charge in [-0.15, -0.1) is 4.24 Å². The maximum Gasteiger partial charge on any atom is 0.254 e. The molecule has 0 amide bonds. The summed E-state index contributed by atoms with van der Waals surface area (Å²) in [6.45, 7) is 1.60. The summed E-state index contributed by atoms with van der Waals surface area (Å²) in [5.74, 6) is -0.886. The Kier molecular flexibility index (Phi) is 4.76. The van der Waals surface area contributed by atoms with Crippen molar-refractivity contribution in [2.24, 2.45) is 5.92 Å². The van der Waals surface area contributed by atoms with Gasteiger partial charge in [0.05, 0.1) is 4.90 Å². The first-order valence-electron chi connectivity index (χ1n) is 4.65. The number of thiocarbonyl (C=S) groups is 1. The molecule has 1 aromatic rings. The number of rotatable bonds is 5. The van der Waals surface area contributed by atoms with Crippen molar-refractivity contribution >= 4 is 45.2 Å². The molecule has 0 fully saturated rings. The van der Waals surface area contributed by atoms with Crippen LogP contribution in [0.25, 0.3) is 0 Å². The van der Waals surface area contributed by atoms with Crippen LogP contribution in [0.5, 0.6) is 0 Å². The topological polar surface area (TPSA) is 63.2 Å². The second-order valence-electron chi connectivity index (χ2n) is 3.37. The lowest BCUT2D eigenvalue weighted by Gasteiger charge is -2.09. The molecule has 17 heavy (non-hydrogen) atoms. The van der Waals surface area contributed by atoms with Crippen molar-refractivity contribution in [3.05, 3.63) is 29.8 Å². The van der Waals surface area contributed by atoms with E-state index in [1.165, 1.54) is 23.6 Å². The number of ketones is 1. The Balaban J connectivity index is 3.36. The molecule has 0 aliphatic heterocycles. The molecular formula is C10H10ClNO3S2. The van der Waals surface area contributed by atoms with E-state index >= 15 is 0 Å². The molecule has 4 nitrogen and oxygen atoms in total. The highest BCUT2D eigenvalue weighted by molar-refractivity contribution is 7.90. The summed E-state index contributed by atoms with van der Waals surface area (Å²) >= 11 is 9.82. The highest BCUT2D eigenvalue weighted by Gasteiger charge is 2.23. The molecule has 1 unspecified atom stereocenters. The van der Waals surface area contributed by atoms with Crippen molar-refractivity contribution in [1.82, 2.24) is 4.24 Å². The second-order valence-corrected chi connectivity index (χ2v) is 5.70. The maximum atomic E-state index is 11.9. The zero-order valence-corrected chi connectivity index (χ0v) is 11.3. The van der Waals surface area contributed by atoms with Gasteiger partial charge in [-0.3, -0.25) is 4.79 Å². The molecule has 0 radical (unpaired) electrons. The predicted molar refractivity (Wildman–Crippen MR) is 69.8 cm³/mol. The third-order valence-corrected chi connectivity index (χ3v) is 4.32. The molecule has 0 aliphatic rings. The lowest BCUT2D eigenvalue weighted by atomic mass is 10.0. The van der Waals surface area contributed by atoms with Crippen LogP contribution in [0, 0.1) is 5.92 Å². The molecule has 0 spiro atoms. The van der Waals surface area contributed by atoms with Gasteiger partial charge in [-0.05, 0) is 23.2 Å². The van der Waals surface area contributed by atoms with Crippen molar-refractivity contribution in [1.29, 1.82) is 0 Å². The van der Waals surface area contributed by atoms with Gasteiger partial charge < -0.3 is 0 Å². The van der Waals surface area contributed by atoms with Gasteiger partial charge in [-0.2, -0.15) is 0 Å². The van der Waals surface area contributed by atoms with Crippen LogP contribution in [0.4, 0.5) is 0 Å². The van der Waals surface area contributed by atoms with Crippen molar-refractivity contribution in [3.8, 4) is 0 Å². The molecule has 1 rings (SSSR count). The lowest BCUT2D eigenvalue weighted by molar-refractivity contribution is 0.0961. The number of hydrogen-bond donors (Lipinski definition) is 1. The second kappa shape index (κ2) is 5.68. The van der Waals surface area contributed by atoms with Gasteiger partial charge in [0.25, 0.3) is 10.0 Å². The number of halogens is 1. The lowest BCUT2D eigenvalue weighted by Crippen LogP contribution is -2.20. The minimum Gasteiger partial charge on any atom is -0.293 e. The SMILES string of the molecule is CC(C=S)C(=O)c1ccccc1S(=O)(=O)NCl. The van der Waals surface area contributed by atoms with Crippen molar-refractivity contribution in [2.45, 2.75) is 11.8 Å². The Morgan fingerprint density at radius 1 is 1.47 bits per heavy atom. The Morgan fingerprint density at radius 3 is 2.59 bits per heavy atom. The van der Waals surface area contributed by atoms with E-state index in [9.17, 15) is 13.2 Å². The average molecular weight is 292 g/mol. The molecule has 1 N–H and O–H groups in total. The zero-order valence-electron chi connectivity index (χ0n) is 8.88. The summed E-state index contributed by atoms with van der Waals surface area (Å²) in [5, 5.41) is 1.29. The molecule has 0 heterocycles. The Bertz CT molecular complexity index is 542.